The van der Waals surface area contributed by atoms with Gasteiger partial charge in [-0.1, -0.05) is 58.3 Å². The van der Waals surface area contributed by atoms with Crippen LogP contribution in [0.2, 0.25) is 0 Å². The zero-order valence-electron chi connectivity index (χ0n) is 15.7. The van der Waals surface area contributed by atoms with Crippen LogP contribution in [-0.2, 0) is 6.42 Å². The van der Waals surface area contributed by atoms with E-state index in [9.17, 15) is 4.39 Å². The molecule has 1 aromatic heterocycles. The van der Waals surface area contributed by atoms with E-state index in [-0.39, 0.29) is 0 Å². The average molecular weight is 353 g/mol. The quantitative estimate of drug-likeness (QED) is 0.355. The van der Waals surface area contributed by atoms with Gasteiger partial charge < -0.3 is 0 Å². The Bertz CT molecular complexity index is 704. The number of hydrogen-bond donors (Lipinski definition) is 0. The molecule has 0 N–H and O–H groups in total. The zero-order chi connectivity index (χ0) is 18.6. The van der Waals surface area contributed by atoms with Crippen molar-refractivity contribution in [3.05, 3.63) is 47.5 Å². The molecule has 0 fully saturated rings. The summed E-state index contributed by atoms with van der Waals surface area (Å²) in [6.07, 6.45) is 13.5. The third kappa shape index (κ3) is 6.55. The van der Waals surface area contributed by atoms with E-state index >= 15 is 0 Å². The van der Waals surface area contributed by atoms with Crippen molar-refractivity contribution in [1.82, 2.24) is 9.97 Å². The molecule has 4 heteroatoms. The first-order valence-electron chi connectivity index (χ1n) is 9.76. The first-order chi connectivity index (χ1) is 12.7. The van der Waals surface area contributed by atoms with Crippen molar-refractivity contribution >= 4 is 0 Å². The van der Waals surface area contributed by atoms with E-state index in [0.717, 1.165) is 18.4 Å². The van der Waals surface area contributed by atoms with Crippen LogP contribution < -0.4 is 0 Å². The summed E-state index contributed by atoms with van der Waals surface area (Å²) >= 11 is 0. The molecule has 0 amide bonds. The number of aromatic nitrogens is 2. The molecule has 138 valence electrons. The molecule has 0 aliphatic heterocycles. The zero-order valence-corrected chi connectivity index (χ0v) is 15.7. The van der Waals surface area contributed by atoms with Gasteiger partial charge in [-0.2, -0.15) is 14.6 Å². The Morgan fingerprint density at radius 1 is 0.923 bits per heavy atom. The number of aryl methyl sites for hydroxylation is 1. The van der Waals surface area contributed by atoms with Gasteiger partial charge in [0.1, 0.15) is 0 Å². The van der Waals surface area contributed by atoms with E-state index in [4.69, 9.17) is 5.26 Å². The fraction of sp³-hybridized carbons (Fsp3) is 0.500. The lowest BCUT2D eigenvalue weighted by Gasteiger charge is -2.05. The van der Waals surface area contributed by atoms with Gasteiger partial charge in [0.2, 0.25) is 5.95 Å². The first kappa shape index (κ1) is 20.0. The van der Waals surface area contributed by atoms with Crippen LogP contribution in [0.25, 0.3) is 11.4 Å². The summed E-state index contributed by atoms with van der Waals surface area (Å²) in [4.78, 5) is 8.28. The second kappa shape index (κ2) is 11.4. The Labute approximate surface area is 156 Å². The Morgan fingerprint density at radius 3 is 2.12 bits per heavy atom. The van der Waals surface area contributed by atoms with E-state index in [1.807, 2.05) is 0 Å². The second-order valence-electron chi connectivity index (χ2n) is 6.78. The van der Waals surface area contributed by atoms with Crippen LogP contribution in [0, 0.1) is 17.3 Å². The van der Waals surface area contributed by atoms with Crippen LogP contribution in [-0.4, -0.2) is 9.97 Å². The Balaban J connectivity index is 1.74. The molecule has 2 aromatic rings. The highest BCUT2D eigenvalue weighted by atomic mass is 19.1. The third-order valence-electron chi connectivity index (χ3n) is 4.63. The summed E-state index contributed by atoms with van der Waals surface area (Å²) in [6, 6.07) is 8.92. The summed E-state index contributed by atoms with van der Waals surface area (Å²) in [5, 5.41) is 8.82. The van der Waals surface area contributed by atoms with Gasteiger partial charge in [-0.15, -0.1) is 0 Å². The molecule has 3 nitrogen and oxygen atoms in total. The lowest BCUT2D eigenvalue weighted by atomic mass is 10.0. The van der Waals surface area contributed by atoms with Crippen molar-refractivity contribution in [2.45, 2.75) is 71.1 Å². The standard InChI is InChI=1S/C22H28FN3/c1-2-3-4-5-6-7-8-9-10-11-20-17-25-22(26-21(20)23)19-14-12-18(16-24)13-15-19/h12-15,17H,2-11H2,1H3. The number of benzene rings is 1. The van der Waals surface area contributed by atoms with Crippen LogP contribution in [0.1, 0.15) is 75.8 Å². The molecule has 0 bridgehead atoms. The van der Waals surface area contributed by atoms with Crippen LogP contribution >= 0.6 is 0 Å². The number of unbranched alkanes of at least 4 members (excludes halogenated alkanes) is 8. The Hall–Kier alpha value is -2.28. The van der Waals surface area contributed by atoms with Crippen molar-refractivity contribution in [2.24, 2.45) is 0 Å². The van der Waals surface area contributed by atoms with Crippen molar-refractivity contribution in [1.29, 1.82) is 5.26 Å². The molecule has 0 atom stereocenters. The van der Waals surface area contributed by atoms with Gasteiger partial charge in [-0.25, -0.2) is 4.98 Å². The monoisotopic (exact) mass is 353 g/mol. The highest BCUT2D eigenvalue weighted by molar-refractivity contribution is 5.56. The number of halogens is 1. The highest BCUT2D eigenvalue weighted by Crippen LogP contribution is 2.18. The maximum absolute atomic E-state index is 14.2. The van der Waals surface area contributed by atoms with Crippen molar-refractivity contribution < 1.29 is 4.39 Å². The topological polar surface area (TPSA) is 49.6 Å². The van der Waals surface area contributed by atoms with Gasteiger partial charge in [0.25, 0.3) is 0 Å². The minimum Gasteiger partial charge on any atom is -0.236 e. The van der Waals surface area contributed by atoms with Crippen LogP contribution in [0.5, 0.6) is 0 Å². The molecule has 2 rings (SSSR count). The number of nitriles is 1. The van der Waals surface area contributed by atoms with E-state index in [0.29, 0.717) is 23.4 Å². The predicted molar refractivity (Wildman–Crippen MR) is 103 cm³/mol. The van der Waals surface area contributed by atoms with Crippen molar-refractivity contribution in [2.75, 3.05) is 0 Å². The summed E-state index contributed by atoms with van der Waals surface area (Å²) < 4.78 is 14.2. The van der Waals surface area contributed by atoms with Crippen LogP contribution in [0.15, 0.2) is 30.5 Å². The Morgan fingerprint density at radius 2 is 1.54 bits per heavy atom. The van der Waals surface area contributed by atoms with E-state index in [1.54, 1.807) is 30.5 Å². The van der Waals surface area contributed by atoms with Gasteiger partial charge in [0, 0.05) is 17.3 Å². The summed E-state index contributed by atoms with van der Waals surface area (Å²) in [5.74, 6) is -0.0678. The molecule has 0 aliphatic carbocycles. The maximum atomic E-state index is 14.2. The predicted octanol–water partition coefficient (Wildman–Crippen LogP) is 6.23. The highest BCUT2D eigenvalue weighted by Gasteiger charge is 2.08. The summed E-state index contributed by atoms with van der Waals surface area (Å²) in [6.45, 7) is 2.24. The van der Waals surface area contributed by atoms with E-state index in [2.05, 4.69) is 23.0 Å². The van der Waals surface area contributed by atoms with Crippen molar-refractivity contribution in [3.8, 4) is 17.5 Å². The average Bonchev–Trinajstić information content (AvgIpc) is 2.68. The fourth-order valence-electron chi connectivity index (χ4n) is 3.01. The lowest BCUT2D eigenvalue weighted by molar-refractivity contribution is 0.542. The van der Waals surface area contributed by atoms with Gasteiger partial charge in [0.05, 0.1) is 11.6 Å². The first-order valence-corrected chi connectivity index (χ1v) is 9.76. The van der Waals surface area contributed by atoms with Crippen LogP contribution in [0.3, 0.4) is 0 Å². The second-order valence-corrected chi connectivity index (χ2v) is 6.78. The molecule has 0 radical (unpaired) electrons. The number of rotatable bonds is 11. The minimum atomic E-state index is -0.432. The number of hydrogen-bond acceptors (Lipinski definition) is 3. The van der Waals surface area contributed by atoms with Crippen molar-refractivity contribution in [3.63, 3.8) is 0 Å². The molecule has 0 aliphatic rings. The lowest BCUT2D eigenvalue weighted by Crippen LogP contribution is -1.99. The normalized spacial score (nSPS) is 10.7. The van der Waals surface area contributed by atoms with Crippen LogP contribution in [0.4, 0.5) is 4.39 Å². The summed E-state index contributed by atoms with van der Waals surface area (Å²) in [5.41, 5.74) is 1.87. The van der Waals surface area contributed by atoms with Gasteiger partial charge in [0.15, 0.2) is 5.82 Å². The molecule has 1 heterocycles. The molecular formula is C22H28FN3. The SMILES string of the molecule is CCCCCCCCCCCc1cnc(-c2ccc(C#N)cc2)nc1F. The Kier molecular flexibility index (Phi) is 8.75. The maximum Gasteiger partial charge on any atom is 0.219 e. The third-order valence-corrected chi connectivity index (χ3v) is 4.63. The molecule has 0 saturated heterocycles. The van der Waals surface area contributed by atoms with Gasteiger partial charge in [-0.05, 0) is 37.1 Å². The van der Waals surface area contributed by atoms with E-state index in [1.165, 1.54) is 44.9 Å². The van der Waals surface area contributed by atoms with E-state index < -0.39 is 5.95 Å². The molecule has 1 aromatic carbocycles. The smallest absolute Gasteiger partial charge is 0.219 e. The largest absolute Gasteiger partial charge is 0.236 e. The molecule has 0 spiro atoms. The summed E-state index contributed by atoms with van der Waals surface area (Å²) in [7, 11) is 0. The minimum absolute atomic E-state index is 0.364. The molecule has 0 saturated carbocycles. The molecule has 0 unspecified atom stereocenters. The molecule has 26 heavy (non-hydrogen) atoms. The molecular weight excluding hydrogens is 325 g/mol. The van der Waals surface area contributed by atoms with Gasteiger partial charge >= 0.3 is 0 Å². The van der Waals surface area contributed by atoms with Gasteiger partial charge in [-0.3, -0.25) is 0 Å². The number of nitrogens with zero attached hydrogens (tertiary/aromatic N) is 3. The fourth-order valence-corrected chi connectivity index (χ4v) is 3.01.